The Balaban J connectivity index is 3.19. The molecule has 0 aliphatic heterocycles. The highest BCUT2D eigenvalue weighted by Gasteiger charge is 2.11. The molecular weight excluding hydrogens is 250 g/mol. The molecule has 19 heavy (non-hydrogen) atoms. The van der Waals surface area contributed by atoms with Crippen molar-refractivity contribution in [2.45, 2.75) is 6.92 Å². The van der Waals surface area contributed by atoms with Crippen LogP contribution in [-0.2, 0) is 9.59 Å². The Morgan fingerprint density at radius 2 is 1.95 bits per heavy atom. The maximum absolute atomic E-state index is 11.0. The number of carboxylic acids is 1. The highest BCUT2D eigenvalue weighted by molar-refractivity contribution is 5.96. The maximum atomic E-state index is 11.0. The van der Waals surface area contributed by atoms with E-state index in [0.29, 0.717) is 17.1 Å². The Bertz CT molecular complexity index is 522. The lowest BCUT2D eigenvalue weighted by Gasteiger charge is -2.09. The van der Waals surface area contributed by atoms with Crippen LogP contribution < -0.4 is 14.8 Å². The topological polar surface area (TPSA) is 84.9 Å². The van der Waals surface area contributed by atoms with Gasteiger partial charge in [-0.15, -0.1) is 0 Å². The molecule has 1 rings (SSSR count). The van der Waals surface area contributed by atoms with Crippen molar-refractivity contribution >= 4 is 18.0 Å². The Morgan fingerprint density at radius 1 is 1.26 bits per heavy atom. The van der Waals surface area contributed by atoms with Crippen molar-refractivity contribution in [3.8, 4) is 11.5 Å². The van der Waals surface area contributed by atoms with Gasteiger partial charge in [0.25, 0.3) is 0 Å². The lowest BCUT2D eigenvalue weighted by Crippen LogP contribution is -2.24. The first kappa shape index (κ1) is 14.6. The van der Waals surface area contributed by atoms with Crippen LogP contribution in [0, 0.1) is 0 Å². The monoisotopic (exact) mass is 265 g/mol. The number of nitrogens with one attached hydrogen (secondary N) is 1. The molecule has 0 aliphatic rings. The molecule has 0 saturated heterocycles. The number of benzene rings is 1. The highest BCUT2D eigenvalue weighted by Crippen LogP contribution is 2.26. The van der Waals surface area contributed by atoms with E-state index in [9.17, 15) is 9.59 Å². The van der Waals surface area contributed by atoms with Crippen LogP contribution in [0.25, 0.3) is 6.08 Å². The van der Waals surface area contributed by atoms with Crippen molar-refractivity contribution in [2.75, 3.05) is 14.2 Å². The van der Waals surface area contributed by atoms with E-state index < -0.39 is 11.9 Å². The van der Waals surface area contributed by atoms with Gasteiger partial charge in [-0.1, -0.05) is 0 Å². The molecule has 1 amide bonds. The summed E-state index contributed by atoms with van der Waals surface area (Å²) in [4.78, 5) is 22.0. The van der Waals surface area contributed by atoms with Crippen LogP contribution in [0.3, 0.4) is 0 Å². The zero-order chi connectivity index (χ0) is 14.4. The van der Waals surface area contributed by atoms with Crippen LogP contribution in [0.15, 0.2) is 23.9 Å². The van der Waals surface area contributed by atoms with Crippen LogP contribution >= 0.6 is 0 Å². The number of methoxy groups -OCH3 is 2. The number of hydrogen-bond donors (Lipinski definition) is 2. The molecule has 102 valence electrons. The summed E-state index contributed by atoms with van der Waals surface area (Å²) in [6, 6.07) is 4.93. The van der Waals surface area contributed by atoms with Crippen molar-refractivity contribution in [3.05, 3.63) is 29.5 Å². The summed E-state index contributed by atoms with van der Waals surface area (Å²) < 4.78 is 10.2. The fourth-order valence-corrected chi connectivity index (χ4v) is 1.43. The van der Waals surface area contributed by atoms with Gasteiger partial charge in [0, 0.05) is 18.6 Å². The zero-order valence-electron chi connectivity index (χ0n) is 10.9. The maximum Gasteiger partial charge on any atom is 0.352 e. The molecule has 2 N–H and O–H groups in total. The first-order chi connectivity index (χ1) is 8.97. The van der Waals surface area contributed by atoms with Gasteiger partial charge in [-0.25, -0.2) is 4.79 Å². The van der Waals surface area contributed by atoms with Crippen molar-refractivity contribution in [3.63, 3.8) is 0 Å². The average molecular weight is 265 g/mol. The predicted molar refractivity (Wildman–Crippen MR) is 69.0 cm³/mol. The summed E-state index contributed by atoms with van der Waals surface area (Å²) in [6.07, 6.45) is 1.32. The van der Waals surface area contributed by atoms with E-state index in [4.69, 9.17) is 14.6 Å². The molecule has 0 aromatic heterocycles. The minimum atomic E-state index is -1.23. The van der Waals surface area contributed by atoms with E-state index in [-0.39, 0.29) is 5.70 Å². The van der Waals surface area contributed by atoms with Crippen molar-refractivity contribution < 1.29 is 24.2 Å². The smallest absolute Gasteiger partial charge is 0.352 e. The first-order valence-electron chi connectivity index (χ1n) is 5.42. The highest BCUT2D eigenvalue weighted by atomic mass is 16.5. The number of carboxylic acid groups (broad SMARTS) is 1. The van der Waals surface area contributed by atoms with Gasteiger partial charge in [0.2, 0.25) is 5.91 Å². The lowest BCUT2D eigenvalue weighted by atomic mass is 10.1. The summed E-state index contributed by atoms with van der Waals surface area (Å²) in [5.74, 6) is -0.650. The van der Waals surface area contributed by atoms with Crippen LogP contribution in [-0.4, -0.2) is 31.2 Å². The molecule has 1 aromatic rings. The number of rotatable bonds is 5. The van der Waals surface area contributed by atoms with Crippen LogP contribution in [0.2, 0.25) is 0 Å². The second kappa shape index (κ2) is 6.44. The minimum Gasteiger partial charge on any atom is -0.497 e. The van der Waals surface area contributed by atoms with Gasteiger partial charge >= 0.3 is 5.97 Å². The number of carbonyl (C=O) groups excluding carboxylic acids is 1. The molecule has 1 aromatic carbocycles. The summed E-state index contributed by atoms with van der Waals surface area (Å²) >= 11 is 0. The molecule has 0 bridgehead atoms. The second-order valence-corrected chi connectivity index (χ2v) is 3.65. The summed E-state index contributed by atoms with van der Waals surface area (Å²) in [5.41, 5.74) is 0.297. The van der Waals surface area contributed by atoms with E-state index in [0.717, 1.165) is 0 Å². The zero-order valence-corrected chi connectivity index (χ0v) is 10.9. The third kappa shape index (κ3) is 4.02. The van der Waals surface area contributed by atoms with E-state index in [1.807, 2.05) is 0 Å². The lowest BCUT2D eigenvalue weighted by molar-refractivity contribution is -0.134. The van der Waals surface area contributed by atoms with Gasteiger partial charge in [0.05, 0.1) is 14.2 Å². The number of carbonyl (C=O) groups is 2. The third-order valence-electron chi connectivity index (χ3n) is 2.28. The van der Waals surface area contributed by atoms with Gasteiger partial charge in [-0.2, -0.15) is 0 Å². The number of hydrogen-bond acceptors (Lipinski definition) is 4. The standard InChI is InChI=1S/C13H15NO5/c1-8(15)14-11(13(16)17)6-9-4-5-10(18-2)7-12(9)19-3/h4-7H,1-3H3,(H,14,15)(H,16,17)/b11-6-. The molecule has 6 nitrogen and oxygen atoms in total. The van der Waals surface area contributed by atoms with Gasteiger partial charge < -0.3 is 19.9 Å². The normalized spacial score (nSPS) is 10.8. The van der Waals surface area contributed by atoms with E-state index in [2.05, 4.69) is 5.32 Å². The van der Waals surface area contributed by atoms with Gasteiger partial charge in [0.15, 0.2) is 0 Å². The SMILES string of the molecule is COc1ccc(/C=C(\NC(C)=O)C(=O)O)c(OC)c1. The van der Waals surface area contributed by atoms with Crippen LogP contribution in [0.4, 0.5) is 0 Å². The van der Waals surface area contributed by atoms with Crippen LogP contribution in [0.1, 0.15) is 12.5 Å². The minimum absolute atomic E-state index is 0.226. The summed E-state index contributed by atoms with van der Waals surface area (Å²) in [6.45, 7) is 1.24. The molecule has 0 saturated carbocycles. The average Bonchev–Trinajstić information content (AvgIpc) is 2.37. The number of ether oxygens (including phenoxy) is 2. The molecule has 0 unspecified atom stereocenters. The molecule has 6 heteroatoms. The summed E-state index contributed by atoms with van der Waals surface area (Å²) in [5, 5.41) is 11.2. The Hall–Kier alpha value is -2.50. The third-order valence-corrected chi connectivity index (χ3v) is 2.28. The van der Waals surface area contributed by atoms with Crippen molar-refractivity contribution in [1.82, 2.24) is 5.32 Å². The van der Waals surface area contributed by atoms with Crippen molar-refractivity contribution in [2.24, 2.45) is 0 Å². The van der Waals surface area contributed by atoms with Gasteiger partial charge in [0.1, 0.15) is 17.2 Å². The Morgan fingerprint density at radius 3 is 2.42 bits per heavy atom. The Kier molecular flexibility index (Phi) is 4.93. The molecular formula is C13H15NO5. The molecule has 0 radical (unpaired) electrons. The van der Waals surface area contributed by atoms with Crippen LogP contribution in [0.5, 0.6) is 11.5 Å². The predicted octanol–water partition coefficient (Wildman–Crippen LogP) is 1.27. The van der Waals surface area contributed by atoms with E-state index >= 15 is 0 Å². The van der Waals surface area contributed by atoms with E-state index in [1.165, 1.54) is 27.2 Å². The Labute approximate surface area is 110 Å². The van der Waals surface area contributed by atoms with Crippen molar-refractivity contribution in [1.29, 1.82) is 0 Å². The van der Waals surface area contributed by atoms with E-state index in [1.54, 1.807) is 18.2 Å². The molecule has 0 heterocycles. The molecule has 0 aliphatic carbocycles. The number of amides is 1. The quantitative estimate of drug-likeness (QED) is 0.783. The number of aliphatic carboxylic acids is 1. The fraction of sp³-hybridized carbons (Fsp3) is 0.231. The van der Waals surface area contributed by atoms with Gasteiger partial charge in [-0.05, 0) is 18.2 Å². The first-order valence-corrected chi connectivity index (χ1v) is 5.42. The second-order valence-electron chi connectivity index (χ2n) is 3.65. The van der Waals surface area contributed by atoms with Gasteiger partial charge in [-0.3, -0.25) is 4.79 Å². The largest absolute Gasteiger partial charge is 0.497 e. The fourth-order valence-electron chi connectivity index (χ4n) is 1.43. The molecule has 0 fully saturated rings. The summed E-state index contributed by atoms with van der Waals surface area (Å²) in [7, 11) is 2.98. The molecule has 0 spiro atoms. The molecule has 0 atom stereocenters.